The number of methoxy groups -OCH3 is 1. The molecule has 1 atom stereocenters. The second-order valence-electron chi connectivity index (χ2n) is 5.99. The average Bonchev–Trinajstić information content (AvgIpc) is 2.68. The van der Waals surface area contributed by atoms with Gasteiger partial charge < -0.3 is 19.3 Å². The van der Waals surface area contributed by atoms with Crippen LogP contribution in [0.25, 0.3) is 0 Å². The van der Waals surface area contributed by atoms with Crippen LogP contribution in [0.4, 0.5) is 13.2 Å². The van der Waals surface area contributed by atoms with Gasteiger partial charge >= 0.3 is 5.97 Å². The number of carbonyl (C=O) groups is 1. The molecule has 152 valence electrons. The van der Waals surface area contributed by atoms with Gasteiger partial charge in [-0.3, -0.25) is 0 Å². The third-order valence-electron chi connectivity index (χ3n) is 3.96. The van der Waals surface area contributed by atoms with Crippen molar-refractivity contribution < 1.29 is 37.3 Å². The number of carboxylic acids is 1. The van der Waals surface area contributed by atoms with Gasteiger partial charge in [0.2, 0.25) is 5.82 Å². The number of benzene rings is 2. The van der Waals surface area contributed by atoms with Crippen molar-refractivity contribution in [3.05, 3.63) is 59.4 Å². The van der Waals surface area contributed by atoms with Crippen molar-refractivity contribution in [2.24, 2.45) is 0 Å². The zero-order chi connectivity index (χ0) is 20.5. The van der Waals surface area contributed by atoms with Gasteiger partial charge in [-0.05, 0) is 42.7 Å². The molecule has 0 fully saturated rings. The molecule has 0 unspecified atom stereocenters. The van der Waals surface area contributed by atoms with Gasteiger partial charge in [0.05, 0.1) is 13.2 Å². The lowest BCUT2D eigenvalue weighted by Gasteiger charge is -2.11. The highest BCUT2D eigenvalue weighted by Gasteiger charge is 2.17. The lowest BCUT2D eigenvalue weighted by molar-refractivity contribution is -0.148. The summed E-state index contributed by atoms with van der Waals surface area (Å²) in [6.07, 6.45) is 0.364. The smallest absolute Gasteiger partial charge is 0.333 e. The Morgan fingerprint density at radius 3 is 2.18 bits per heavy atom. The predicted molar refractivity (Wildman–Crippen MR) is 95.1 cm³/mol. The predicted octanol–water partition coefficient (Wildman–Crippen LogP) is 3.98. The van der Waals surface area contributed by atoms with Crippen LogP contribution in [-0.4, -0.2) is 37.5 Å². The van der Waals surface area contributed by atoms with E-state index in [0.717, 1.165) is 11.6 Å². The van der Waals surface area contributed by atoms with Crippen molar-refractivity contribution in [3.63, 3.8) is 0 Å². The quantitative estimate of drug-likeness (QED) is 0.458. The Hall–Kier alpha value is -2.74. The minimum atomic E-state index is -1.34. The van der Waals surface area contributed by atoms with Crippen LogP contribution in [-0.2, 0) is 16.0 Å². The summed E-state index contributed by atoms with van der Waals surface area (Å²) < 4.78 is 55.3. The Labute approximate surface area is 160 Å². The average molecular weight is 398 g/mol. The molecular weight excluding hydrogens is 377 g/mol. The van der Waals surface area contributed by atoms with Crippen LogP contribution in [0.3, 0.4) is 0 Å². The Kier molecular flexibility index (Phi) is 8.13. The van der Waals surface area contributed by atoms with Crippen molar-refractivity contribution in [2.45, 2.75) is 25.4 Å². The number of hydrogen-bond donors (Lipinski definition) is 1. The van der Waals surface area contributed by atoms with Gasteiger partial charge in [0.15, 0.2) is 23.5 Å². The second-order valence-corrected chi connectivity index (χ2v) is 5.99. The zero-order valence-corrected chi connectivity index (χ0v) is 15.3. The monoisotopic (exact) mass is 398 g/mol. The van der Waals surface area contributed by atoms with Gasteiger partial charge in [-0.15, -0.1) is 0 Å². The van der Waals surface area contributed by atoms with E-state index in [9.17, 15) is 18.0 Å². The Morgan fingerprint density at radius 1 is 0.964 bits per heavy atom. The van der Waals surface area contributed by atoms with Crippen LogP contribution < -0.4 is 9.47 Å². The molecule has 0 heterocycles. The number of halogens is 3. The first-order chi connectivity index (χ1) is 13.4. The van der Waals surface area contributed by atoms with Crippen LogP contribution in [0.2, 0.25) is 0 Å². The number of hydrogen-bond acceptors (Lipinski definition) is 4. The van der Waals surface area contributed by atoms with E-state index in [-0.39, 0.29) is 13.0 Å². The van der Waals surface area contributed by atoms with Gasteiger partial charge in [-0.25, -0.2) is 13.6 Å². The van der Waals surface area contributed by atoms with E-state index in [4.69, 9.17) is 19.3 Å². The summed E-state index contributed by atoms with van der Waals surface area (Å²) in [6, 6.07) is 8.46. The molecule has 0 aliphatic carbocycles. The van der Waals surface area contributed by atoms with Crippen LogP contribution in [0.5, 0.6) is 11.5 Å². The minimum Gasteiger partial charge on any atom is -0.494 e. The van der Waals surface area contributed by atoms with Crippen LogP contribution in [0.15, 0.2) is 36.4 Å². The fourth-order valence-corrected chi connectivity index (χ4v) is 2.42. The molecule has 0 saturated heterocycles. The van der Waals surface area contributed by atoms with E-state index >= 15 is 0 Å². The molecule has 2 rings (SSSR count). The van der Waals surface area contributed by atoms with E-state index < -0.39 is 35.3 Å². The molecular formula is C20H21F3O5. The summed E-state index contributed by atoms with van der Waals surface area (Å²) in [5.74, 6) is -4.58. The Balaban J connectivity index is 1.70. The van der Waals surface area contributed by atoms with Crippen molar-refractivity contribution in [3.8, 4) is 11.5 Å². The van der Waals surface area contributed by atoms with Gasteiger partial charge in [-0.1, -0.05) is 12.1 Å². The number of carboxylic acid groups (broad SMARTS) is 1. The van der Waals surface area contributed by atoms with Crippen LogP contribution >= 0.6 is 0 Å². The standard InChI is InChI=1S/C20H21F3O5/c1-26-17(20(24)25)12-13-4-6-14(7-5-13)27-10-2-3-11-28-19-16(22)9-8-15(21)18(19)23/h4-9,17H,2-3,10-12H2,1H3,(H,24,25)/t17-/m0/s1. The molecule has 0 aliphatic rings. The molecule has 0 saturated carbocycles. The first kappa shape index (κ1) is 21.6. The molecule has 0 amide bonds. The SMILES string of the molecule is CO[C@@H](Cc1ccc(OCCCCOc2c(F)ccc(F)c2F)cc1)C(=O)O. The van der Waals surface area contributed by atoms with Gasteiger partial charge in [-0.2, -0.15) is 4.39 Å². The van der Waals surface area contributed by atoms with E-state index in [1.807, 2.05) is 0 Å². The molecule has 2 aromatic carbocycles. The Morgan fingerprint density at radius 2 is 1.57 bits per heavy atom. The van der Waals surface area contributed by atoms with Crippen molar-refractivity contribution in [2.75, 3.05) is 20.3 Å². The molecule has 2 aromatic rings. The van der Waals surface area contributed by atoms with E-state index in [1.54, 1.807) is 24.3 Å². The summed E-state index contributed by atoms with van der Waals surface area (Å²) in [6.45, 7) is 0.375. The molecule has 8 heteroatoms. The highest BCUT2D eigenvalue weighted by molar-refractivity contribution is 5.72. The van der Waals surface area contributed by atoms with Crippen molar-refractivity contribution >= 4 is 5.97 Å². The first-order valence-electron chi connectivity index (χ1n) is 8.66. The lowest BCUT2D eigenvalue weighted by Crippen LogP contribution is -2.24. The van der Waals surface area contributed by atoms with Gasteiger partial charge in [0.25, 0.3) is 0 Å². The number of unbranched alkanes of at least 4 members (excludes halogenated alkanes) is 1. The minimum absolute atomic E-state index is 0.0210. The summed E-state index contributed by atoms with van der Waals surface area (Å²) in [5.41, 5.74) is 0.800. The molecule has 1 N–H and O–H groups in total. The summed E-state index contributed by atoms with van der Waals surface area (Å²) in [7, 11) is 1.34. The molecule has 0 aromatic heterocycles. The third-order valence-corrected chi connectivity index (χ3v) is 3.96. The topological polar surface area (TPSA) is 65.0 Å². The largest absolute Gasteiger partial charge is 0.494 e. The molecule has 0 bridgehead atoms. The zero-order valence-electron chi connectivity index (χ0n) is 15.3. The van der Waals surface area contributed by atoms with Gasteiger partial charge in [0, 0.05) is 13.5 Å². The highest BCUT2D eigenvalue weighted by atomic mass is 19.2. The Bertz CT molecular complexity index is 780. The highest BCUT2D eigenvalue weighted by Crippen LogP contribution is 2.24. The second kappa shape index (κ2) is 10.6. The lowest BCUT2D eigenvalue weighted by atomic mass is 10.1. The first-order valence-corrected chi connectivity index (χ1v) is 8.66. The molecule has 5 nitrogen and oxygen atoms in total. The van der Waals surface area contributed by atoms with E-state index in [2.05, 4.69) is 0 Å². The molecule has 0 radical (unpaired) electrons. The summed E-state index contributed by atoms with van der Waals surface area (Å²) in [5, 5.41) is 8.97. The maximum Gasteiger partial charge on any atom is 0.333 e. The molecule has 28 heavy (non-hydrogen) atoms. The van der Waals surface area contributed by atoms with Crippen LogP contribution in [0, 0.1) is 17.5 Å². The van der Waals surface area contributed by atoms with Crippen molar-refractivity contribution in [1.29, 1.82) is 0 Å². The number of ether oxygens (including phenoxy) is 3. The molecule has 0 aliphatic heterocycles. The normalized spacial score (nSPS) is 11.9. The fraction of sp³-hybridized carbons (Fsp3) is 0.350. The number of rotatable bonds is 11. The molecule has 0 spiro atoms. The maximum atomic E-state index is 13.4. The summed E-state index contributed by atoms with van der Waals surface area (Å²) >= 11 is 0. The summed E-state index contributed by atoms with van der Waals surface area (Å²) in [4.78, 5) is 11.0. The number of aliphatic carboxylic acids is 1. The van der Waals surface area contributed by atoms with E-state index in [1.165, 1.54) is 7.11 Å². The fourth-order valence-electron chi connectivity index (χ4n) is 2.42. The third kappa shape index (κ3) is 6.16. The maximum absolute atomic E-state index is 13.4. The van der Waals surface area contributed by atoms with E-state index in [0.29, 0.717) is 31.3 Å². The van der Waals surface area contributed by atoms with Crippen molar-refractivity contribution in [1.82, 2.24) is 0 Å². The van der Waals surface area contributed by atoms with Gasteiger partial charge in [0.1, 0.15) is 5.75 Å². The van der Waals surface area contributed by atoms with Crippen LogP contribution in [0.1, 0.15) is 18.4 Å².